The summed E-state index contributed by atoms with van der Waals surface area (Å²) in [5.41, 5.74) is -4.17. The molecule has 1 aromatic rings. The zero-order chi connectivity index (χ0) is 22.2. The highest BCUT2D eigenvalue weighted by atomic mass is 32.2. The average molecular weight is 440 g/mol. The van der Waals surface area contributed by atoms with Gasteiger partial charge < -0.3 is 4.55 Å². The Bertz CT molecular complexity index is 634. The first-order valence-corrected chi connectivity index (χ1v) is 12.0. The summed E-state index contributed by atoms with van der Waals surface area (Å²) >= 11 is 0. The lowest BCUT2D eigenvalue weighted by molar-refractivity contribution is -0.697. The van der Waals surface area contributed by atoms with E-state index in [4.69, 9.17) is 13.0 Å². The zero-order valence-electron chi connectivity index (χ0n) is 17.7. The van der Waals surface area contributed by atoms with Gasteiger partial charge in [-0.1, -0.05) is 71.6 Å². The molecule has 0 fully saturated rings. The normalized spacial score (nSPS) is 11.8. The van der Waals surface area contributed by atoms with E-state index in [9.17, 15) is 13.2 Å². The molecular formula is C21H36F3NO3S. The van der Waals surface area contributed by atoms with Crippen LogP contribution in [0, 0.1) is 0 Å². The molecule has 0 aliphatic heterocycles. The Balaban J connectivity index is 0.000000828. The van der Waals surface area contributed by atoms with Crippen LogP contribution >= 0.6 is 0 Å². The third kappa shape index (κ3) is 15.4. The Hall–Kier alpha value is -1.15. The van der Waals surface area contributed by atoms with Crippen LogP contribution in [0.5, 0.6) is 0 Å². The molecule has 0 aliphatic rings. The van der Waals surface area contributed by atoms with Crippen molar-refractivity contribution in [1.82, 2.24) is 0 Å². The molecule has 1 aromatic heterocycles. The maximum atomic E-state index is 10.7. The van der Waals surface area contributed by atoms with E-state index in [1.54, 1.807) is 0 Å². The zero-order valence-corrected chi connectivity index (χ0v) is 18.5. The van der Waals surface area contributed by atoms with Crippen molar-refractivity contribution in [3.63, 3.8) is 0 Å². The summed E-state index contributed by atoms with van der Waals surface area (Å²) in [6.45, 7) is 5.73. The van der Waals surface area contributed by atoms with Gasteiger partial charge in [-0.2, -0.15) is 13.2 Å². The van der Waals surface area contributed by atoms with Gasteiger partial charge in [0.15, 0.2) is 22.5 Å². The van der Waals surface area contributed by atoms with Crippen LogP contribution in [-0.4, -0.2) is 18.5 Å². The molecule has 0 saturated carbocycles. The summed E-state index contributed by atoms with van der Waals surface area (Å²) in [7, 11) is -6.09. The summed E-state index contributed by atoms with van der Waals surface area (Å²) in [6, 6.07) is 4.44. The van der Waals surface area contributed by atoms with E-state index in [-0.39, 0.29) is 0 Å². The van der Waals surface area contributed by atoms with E-state index in [1.165, 1.54) is 89.2 Å². The molecule has 0 spiro atoms. The lowest BCUT2D eigenvalue weighted by Crippen LogP contribution is -2.33. The van der Waals surface area contributed by atoms with E-state index >= 15 is 0 Å². The maximum Gasteiger partial charge on any atom is 0.485 e. The van der Waals surface area contributed by atoms with Crippen molar-refractivity contribution in [3.05, 3.63) is 30.1 Å². The van der Waals surface area contributed by atoms with Crippen LogP contribution in [0.25, 0.3) is 0 Å². The smallest absolute Gasteiger partial charge is 0.485 e. The summed E-state index contributed by atoms with van der Waals surface area (Å²) < 4.78 is 61.3. The van der Waals surface area contributed by atoms with Crippen molar-refractivity contribution >= 4 is 10.1 Å². The van der Waals surface area contributed by atoms with Crippen LogP contribution in [-0.2, 0) is 23.1 Å². The second-order valence-electron chi connectivity index (χ2n) is 7.28. The molecule has 0 N–H and O–H groups in total. The van der Waals surface area contributed by atoms with Gasteiger partial charge in [-0.15, -0.1) is 0 Å². The van der Waals surface area contributed by atoms with Gasteiger partial charge in [-0.3, -0.25) is 0 Å². The van der Waals surface area contributed by atoms with Crippen LogP contribution in [0.15, 0.2) is 24.5 Å². The van der Waals surface area contributed by atoms with Gasteiger partial charge in [0.2, 0.25) is 0 Å². The standard InChI is InChI=1S/C20H36N.CHF3O3S/c1-3-5-6-7-8-9-10-11-12-13-17-21-18-14-16-20(19-21)15-4-2;2-1(3,4)8(5,6)7/h14,16,18-19H,3-13,15,17H2,1-2H3;(H,5,6,7)/q+1;/p-1. The number of alkyl halides is 3. The number of aryl methyl sites for hydroxylation is 2. The molecule has 0 amide bonds. The van der Waals surface area contributed by atoms with Crippen molar-refractivity contribution in [2.75, 3.05) is 0 Å². The molecule has 0 atom stereocenters. The fourth-order valence-corrected chi connectivity index (χ4v) is 2.93. The van der Waals surface area contributed by atoms with Gasteiger partial charge in [-0.25, -0.2) is 13.0 Å². The third-order valence-corrected chi connectivity index (χ3v) is 5.08. The first-order valence-electron chi connectivity index (χ1n) is 10.6. The van der Waals surface area contributed by atoms with Crippen LogP contribution in [0.3, 0.4) is 0 Å². The van der Waals surface area contributed by atoms with Crippen LogP contribution < -0.4 is 4.57 Å². The minimum atomic E-state index is -6.09. The highest BCUT2D eigenvalue weighted by molar-refractivity contribution is 7.86. The van der Waals surface area contributed by atoms with Crippen LogP contribution in [0.1, 0.15) is 90.0 Å². The van der Waals surface area contributed by atoms with E-state index < -0.39 is 15.6 Å². The highest BCUT2D eigenvalue weighted by Crippen LogP contribution is 2.20. The monoisotopic (exact) mass is 439 g/mol. The Morgan fingerprint density at radius 3 is 1.83 bits per heavy atom. The predicted molar refractivity (Wildman–Crippen MR) is 108 cm³/mol. The lowest BCUT2D eigenvalue weighted by Gasteiger charge is -2.08. The number of hydrogen-bond acceptors (Lipinski definition) is 3. The average Bonchev–Trinajstić information content (AvgIpc) is 2.63. The van der Waals surface area contributed by atoms with E-state index in [0.29, 0.717) is 0 Å². The van der Waals surface area contributed by atoms with Crippen molar-refractivity contribution in [1.29, 1.82) is 0 Å². The number of pyridine rings is 1. The number of rotatable bonds is 13. The fraction of sp³-hybridized carbons (Fsp3) is 0.762. The second kappa shape index (κ2) is 15.7. The van der Waals surface area contributed by atoms with Crippen molar-refractivity contribution in [2.24, 2.45) is 0 Å². The van der Waals surface area contributed by atoms with Gasteiger partial charge >= 0.3 is 5.51 Å². The summed E-state index contributed by atoms with van der Waals surface area (Å²) in [5.74, 6) is 0. The van der Waals surface area contributed by atoms with E-state index in [1.807, 2.05) is 0 Å². The molecule has 1 rings (SSSR count). The molecule has 170 valence electrons. The topological polar surface area (TPSA) is 61.1 Å². The molecule has 29 heavy (non-hydrogen) atoms. The van der Waals surface area contributed by atoms with Gasteiger partial charge in [0.1, 0.15) is 6.54 Å². The lowest BCUT2D eigenvalue weighted by atomic mass is 10.1. The summed E-state index contributed by atoms with van der Waals surface area (Å²) in [6.07, 6.45) is 21.1. The molecule has 0 aliphatic carbocycles. The van der Waals surface area contributed by atoms with Gasteiger partial charge in [0, 0.05) is 18.1 Å². The Labute approximate surface area is 174 Å². The molecule has 0 bridgehead atoms. The molecule has 0 unspecified atom stereocenters. The quantitative estimate of drug-likeness (QED) is 0.166. The molecule has 0 aromatic carbocycles. The van der Waals surface area contributed by atoms with Crippen molar-refractivity contribution in [2.45, 2.75) is 103 Å². The summed E-state index contributed by atoms with van der Waals surface area (Å²) in [5, 5.41) is 0. The minimum absolute atomic E-state index is 1.19. The Kier molecular flexibility index (Phi) is 15.0. The number of hydrogen-bond donors (Lipinski definition) is 0. The maximum absolute atomic E-state index is 10.7. The van der Waals surface area contributed by atoms with Gasteiger partial charge in [0.25, 0.3) is 0 Å². The number of nitrogens with zero attached hydrogens (tertiary/aromatic N) is 1. The van der Waals surface area contributed by atoms with E-state index in [2.05, 4.69) is 42.9 Å². The van der Waals surface area contributed by atoms with Crippen molar-refractivity contribution in [3.8, 4) is 0 Å². The first-order chi connectivity index (χ1) is 13.6. The largest absolute Gasteiger partial charge is 0.741 e. The fourth-order valence-electron chi connectivity index (χ4n) is 2.93. The SMILES string of the molecule is CCCCCCCCCCCC[n+]1cccc(CCC)c1.O=S(=O)([O-])C(F)(F)F. The summed E-state index contributed by atoms with van der Waals surface area (Å²) in [4.78, 5) is 0. The Morgan fingerprint density at radius 1 is 0.897 bits per heavy atom. The Morgan fingerprint density at radius 2 is 1.38 bits per heavy atom. The predicted octanol–water partition coefficient (Wildman–Crippen LogP) is 5.90. The number of aromatic nitrogens is 1. The highest BCUT2D eigenvalue weighted by Gasteiger charge is 2.36. The molecule has 0 radical (unpaired) electrons. The second-order valence-corrected chi connectivity index (χ2v) is 8.65. The molecule has 4 nitrogen and oxygen atoms in total. The molecule has 0 saturated heterocycles. The molecule has 1 heterocycles. The molecular weight excluding hydrogens is 403 g/mol. The number of halogens is 3. The van der Waals surface area contributed by atoms with Crippen molar-refractivity contribution < 1.29 is 30.7 Å². The first kappa shape index (κ1) is 27.8. The van der Waals surface area contributed by atoms with Crippen LogP contribution in [0.2, 0.25) is 0 Å². The third-order valence-electron chi connectivity index (χ3n) is 4.51. The number of unbranched alkanes of at least 4 members (excludes halogenated alkanes) is 9. The van der Waals surface area contributed by atoms with Crippen LogP contribution in [0.4, 0.5) is 13.2 Å². The van der Waals surface area contributed by atoms with Gasteiger partial charge in [-0.05, 0) is 18.9 Å². The van der Waals surface area contributed by atoms with E-state index in [0.717, 1.165) is 0 Å². The molecule has 8 heteroatoms. The minimum Gasteiger partial charge on any atom is -0.741 e. The van der Waals surface area contributed by atoms with Gasteiger partial charge in [0.05, 0.1) is 0 Å².